The van der Waals surface area contributed by atoms with Gasteiger partial charge in [-0.2, -0.15) is 0 Å². The van der Waals surface area contributed by atoms with Crippen molar-refractivity contribution in [2.75, 3.05) is 6.61 Å². The van der Waals surface area contributed by atoms with Crippen molar-refractivity contribution in [2.24, 2.45) is 5.92 Å². The molecule has 1 aliphatic heterocycles. The summed E-state index contributed by atoms with van der Waals surface area (Å²) >= 11 is 3.10. The second kappa shape index (κ2) is 5.80. The van der Waals surface area contributed by atoms with Gasteiger partial charge < -0.3 is 9.47 Å². The van der Waals surface area contributed by atoms with E-state index in [1.54, 1.807) is 31.2 Å². The molecule has 0 unspecified atom stereocenters. The topological polar surface area (TPSA) is 35.5 Å². The van der Waals surface area contributed by atoms with E-state index >= 15 is 0 Å². The third kappa shape index (κ3) is 2.90. The van der Waals surface area contributed by atoms with Gasteiger partial charge in [0.2, 0.25) is 0 Å². The predicted octanol–water partition coefficient (Wildman–Crippen LogP) is 2.94. The van der Waals surface area contributed by atoms with Crippen molar-refractivity contribution >= 4 is 21.9 Å². The van der Waals surface area contributed by atoms with E-state index in [2.05, 4.69) is 15.9 Å². The van der Waals surface area contributed by atoms with Crippen molar-refractivity contribution in [1.82, 2.24) is 0 Å². The Bertz CT molecular complexity index is 412. The maximum absolute atomic E-state index is 13.5. The van der Waals surface area contributed by atoms with Gasteiger partial charge in [0, 0.05) is 5.92 Å². The maximum atomic E-state index is 13.5. The molecule has 0 N–H and O–H groups in total. The van der Waals surface area contributed by atoms with Crippen molar-refractivity contribution in [3.05, 3.63) is 35.9 Å². The number of halogens is 2. The van der Waals surface area contributed by atoms with E-state index in [4.69, 9.17) is 9.47 Å². The summed E-state index contributed by atoms with van der Waals surface area (Å²) in [7, 11) is 0. The largest absolute Gasteiger partial charge is 0.459 e. The molecule has 0 radical (unpaired) electrons. The van der Waals surface area contributed by atoms with Crippen LogP contribution in [0.5, 0.6) is 0 Å². The third-order valence-corrected chi connectivity index (χ3v) is 3.75. The van der Waals surface area contributed by atoms with Gasteiger partial charge in [-0.1, -0.05) is 41.1 Å². The molecule has 98 valence electrons. The highest BCUT2D eigenvalue weighted by Gasteiger charge is 2.41. The Morgan fingerprint density at radius 1 is 1.44 bits per heavy atom. The van der Waals surface area contributed by atoms with Crippen LogP contribution in [0.3, 0.4) is 0 Å². The van der Waals surface area contributed by atoms with E-state index < -0.39 is 23.3 Å². The van der Waals surface area contributed by atoms with Gasteiger partial charge in [-0.25, -0.2) is 9.18 Å². The number of carbonyl (C=O) groups is 1. The Hall–Kier alpha value is -0.940. The number of rotatable bonds is 3. The summed E-state index contributed by atoms with van der Waals surface area (Å²) in [6.07, 6.45) is -1.48. The quantitative estimate of drug-likeness (QED) is 0.635. The molecule has 1 aromatic rings. The van der Waals surface area contributed by atoms with Crippen LogP contribution in [0.15, 0.2) is 30.3 Å². The van der Waals surface area contributed by atoms with Crippen molar-refractivity contribution in [1.29, 1.82) is 0 Å². The maximum Gasteiger partial charge on any atom is 0.338 e. The van der Waals surface area contributed by atoms with Crippen LogP contribution in [-0.2, 0) is 9.47 Å². The molecule has 0 spiro atoms. The number of hydrogen-bond acceptors (Lipinski definition) is 3. The highest BCUT2D eigenvalue weighted by molar-refractivity contribution is 9.09. The van der Waals surface area contributed by atoms with Crippen LogP contribution in [0.2, 0.25) is 0 Å². The fourth-order valence-corrected chi connectivity index (χ4v) is 2.57. The van der Waals surface area contributed by atoms with Crippen LogP contribution in [0.25, 0.3) is 0 Å². The van der Waals surface area contributed by atoms with E-state index in [0.29, 0.717) is 5.56 Å². The zero-order chi connectivity index (χ0) is 13.1. The molecule has 18 heavy (non-hydrogen) atoms. The zero-order valence-electron chi connectivity index (χ0n) is 9.88. The number of alkyl halides is 2. The molecule has 2 rings (SSSR count). The van der Waals surface area contributed by atoms with Crippen LogP contribution >= 0.6 is 15.9 Å². The van der Waals surface area contributed by atoms with Crippen molar-refractivity contribution in [2.45, 2.75) is 24.2 Å². The molecule has 1 heterocycles. The molecule has 0 saturated carbocycles. The number of hydrogen-bond donors (Lipinski definition) is 0. The lowest BCUT2D eigenvalue weighted by Gasteiger charge is -2.14. The minimum Gasteiger partial charge on any atom is -0.459 e. The van der Waals surface area contributed by atoms with Crippen LogP contribution < -0.4 is 0 Å². The average Bonchev–Trinajstić information content (AvgIpc) is 2.64. The summed E-state index contributed by atoms with van der Waals surface area (Å²) in [5.41, 5.74) is 0.482. The van der Waals surface area contributed by atoms with Gasteiger partial charge in [0.15, 0.2) is 0 Å². The van der Waals surface area contributed by atoms with E-state index in [1.165, 1.54) is 0 Å². The monoisotopic (exact) mass is 316 g/mol. The molecule has 1 fully saturated rings. The van der Waals surface area contributed by atoms with E-state index in [1.807, 2.05) is 6.07 Å². The lowest BCUT2D eigenvalue weighted by molar-refractivity contribution is 0.00342. The lowest BCUT2D eigenvalue weighted by Crippen LogP contribution is -2.25. The van der Waals surface area contributed by atoms with E-state index in [-0.39, 0.29) is 12.5 Å². The summed E-state index contributed by atoms with van der Waals surface area (Å²) < 4.78 is 24.0. The van der Waals surface area contributed by atoms with Crippen molar-refractivity contribution < 1.29 is 18.7 Å². The van der Waals surface area contributed by atoms with Gasteiger partial charge in [0.25, 0.3) is 0 Å². The standard InChI is InChI=1S/C13H14BrFO3/c1-8-10(18-12(14)11(8)15)7-17-13(16)9-5-3-2-4-6-9/h2-6,8,10-12H,7H2,1H3/t8-,10-,11+,12+/m1/s1. The molecule has 1 saturated heterocycles. The summed E-state index contributed by atoms with van der Waals surface area (Å²) in [5.74, 6) is -0.710. The third-order valence-electron chi connectivity index (χ3n) is 3.03. The molecule has 5 heteroatoms. The highest BCUT2D eigenvalue weighted by atomic mass is 79.9. The number of carbonyl (C=O) groups excluding carboxylic acids is 1. The normalized spacial score (nSPS) is 31.3. The molecule has 0 bridgehead atoms. The average molecular weight is 317 g/mol. The van der Waals surface area contributed by atoms with Crippen LogP contribution in [0, 0.1) is 5.92 Å². The molecule has 3 nitrogen and oxygen atoms in total. The molecular formula is C13H14BrFO3. The molecule has 4 atom stereocenters. The first-order valence-electron chi connectivity index (χ1n) is 5.75. The molecule has 0 amide bonds. The van der Waals surface area contributed by atoms with Gasteiger partial charge in [0.05, 0.1) is 11.7 Å². The fraction of sp³-hybridized carbons (Fsp3) is 0.462. The Morgan fingerprint density at radius 2 is 2.11 bits per heavy atom. The SMILES string of the molecule is C[C@H]1[C@H](F)[C@@H](Br)O[C@@H]1COC(=O)c1ccccc1. The lowest BCUT2D eigenvalue weighted by atomic mass is 10.0. The summed E-state index contributed by atoms with van der Waals surface area (Å²) in [6, 6.07) is 8.69. The van der Waals surface area contributed by atoms with Crippen molar-refractivity contribution in [3.63, 3.8) is 0 Å². The minimum atomic E-state index is -1.08. The van der Waals surface area contributed by atoms with Gasteiger partial charge in [-0.05, 0) is 12.1 Å². The van der Waals surface area contributed by atoms with Crippen LogP contribution in [0.4, 0.5) is 4.39 Å². The molecule has 0 aliphatic carbocycles. The van der Waals surface area contributed by atoms with E-state index in [9.17, 15) is 9.18 Å². The number of benzene rings is 1. The second-order valence-corrected chi connectivity index (χ2v) is 5.20. The predicted molar refractivity (Wildman–Crippen MR) is 68.4 cm³/mol. The van der Waals surface area contributed by atoms with E-state index in [0.717, 1.165) is 0 Å². The Morgan fingerprint density at radius 3 is 2.67 bits per heavy atom. The molecule has 1 aromatic carbocycles. The first kappa shape index (κ1) is 13.5. The summed E-state index contributed by atoms with van der Waals surface area (Å²) in [4.78, 5) is 11.7. The number of ether oxygens (including phenoxy) is 2. The Kier molecular flexibility index (Phi) is 4.35. The first-order chi connectivity index (χ1) is 8.59. The van der Waals surface area contributed by atoms with Gasteiger partial charge in [-0.15, -0.1) is 0 Å². The Balaban J connectivity index is 1.88. The van der Waals surface area contributed by atoms with Crippen LogP contribution in [-0.4, -0.2) is 29.9 Å². The van der Waals surface area contributed by atoms with Crippen molar-refractivity contribution in [3.8, 4) is 0 Å². The summed E-state index contributed by atoms with van der Waals surface area (Å²) in [6.45, 7) is 1.81. The van der Waals surface area contributed by atoms with Gasteiger partial charge >= 0.3 is 5.97 Å². The molecular weight excluding hydrogens is 303 g/mol. The molecule has 1 aliphatic rings. The minimum absolute atomic E-state index is 0.0669. The van der Waals surface area contributed by atoms with Gasteiger partial charge in [0.1, 0.15) is 17.8 Å². The Labute approximate surface area is 113 Å². The summed E-state index contributed by atoms with van der Waals surface area (Å²) in [5, 5.41) is -0.618. The van der Waals surface area contributed by atoms with Crippen LogP contribution in [0.1, 0.15) is 17.3 Å². The first-order valence-corrected chi connectivity index (χ1v) is 6.67. The smallest absolute Gasteiger partial charge is 0.338 e. The zero-order valence-corrected chi connectivity index (χ0v) is 11.5. The second-order valence-electron chi connectivity index (χ2n) is 4.29. The number of esters is 1. The molecule has 0 aromatic heterocycles. The highest BCUT2D eigenvalue weighted by Crippen LogP contribution is 2.32. The van der Waals surface area contributed by atoms with Gasteiger partial charge in [-0.3, -0.25) is 0 Å². The fourth-order valence-electron chi connectivity index (χ4n) is 1.82.